The molecule has 2 nitrogen and oxygen atoms in total. The topological polar surface area (TPSA) is 15.3 Å². The highest BCUT2D eigenvalue weighted by molar-refractivity contribution is 7.16. The molecule has 112 valence electrons. The van der Waals surface area contributed by atoms with Gasteiger partial charge < -0.3 is 5.32 Å². The molecule has 1 aliphatic rings. The zero-order chi connectivity index (χ0) is 14.7. The average molecular weight is 321 g/mol. The van der Waals surface area contributed by atoms with Crippen LogP contribution in [0.25, 0.3) is 0 Å². The molecule has 2 heterocycles. The first-order valence-electron chi connectivity index (χ1n) is 7.49. The third-order valence-corrected chi connectivity index (χ3v) is 5.40. The number of thiophene rings is 1. The summed E-state index contributed by atoms with van der Waals surface area (Å²) in [6, 6.07) is 15.9. The van der Waals surface area contributed by atoms with E-state index >= 15 is 0 Å². The van der Waals surface area contributed by atoms with Gasteiger partial charge in [-0.25, -0.2) is 0 Å². The van der Waals surface area contributed by atoms with E-state index in [1.54, 1.807) is 11.3 Å². The maximum atomic E-state index is 6.06. The molecule has 1 saturated heterocycles. The lowest BCUT2D eigenvalue weighted by molar-refractivity contribution is 0.198. The zero-order valence-electron chi connectivity index (χ0n) is 12.3. The predicted molar refractivity (Wildman–Crippen MR) is 91.0 cm³/mol. The molecule has 0 spiro atoms. The first kappa shape index (κ1) is 15.0. The van der Waals surface area contributed by atoms with Crippen LogP contribution >= 0.6 is 22.9 Å². The third kappa shape index (κ3) is 3.86. The number of halogens is 1. The lowest BCUT2D eigenvalue weighted by atomic mass is 10.1. The molecule has 1 N–H and O–H groups in total. The molecular weight excluding hydrogens is 300 g/mol. The lowest BCUT2D eigenvalue weighted by Gasteiger charge is -2.28. The SMILES string of the molecule is CC1CCNC(c2ccccc2)CN1Cc1ccc(Cl)s1. The van der Waals surface area contributed by atoms with Gasteiger partial charge in [0.15, 0.2) is 0 Å². The van der Waals surface area contributed by atoms with Crippen LogP contribution in [0.2, 0.25) is 4.34 Å². The van der Waals surface area contributed by atoms with E-state index in [1.165, 1.54) is 16.9 Å². The molecule has 2 atom stereocenters. The molecule has 2 unspecified atom stereocenters. The highest BCUT2D eigenvalue weighted by Gasteiger charge is 2.24. The number of hydrogen-bond acceptors (Lipinski definition) is 3. The van der Waals surface area contributed by atoms with Crippen molar-refractivity contribution in [3.05, 3.63) is 57.2 Å². The van der Waals surface area contributed by atoms with Gasteiger partial charge >= 0.3 is 0 Å². The molecule has 1 aromatic carbocycles. The molecule has 0 bridgehead atoms. The van der Waals surface area contributed by atoms with Gasteiger partial charge in [0.1, 0.15) is 0 Å². The Kier molecular flexibility index (Phi) is 4.96. The first-order chi connectivity index (χ1) is 10.2. The molecule has 0 aliphatic carbocycles. The number of nitrogens with zero attached hydrogens (tertiary/aromatic N) is 1. The zero-order valence-corrected chi connectivity index (χ0v) is 13.8. The van der Waals surface area contributed by atoms with Crippen LogP contribution in [0.5, 0.6) is 0 Å². The van der Waals surface area contributed by atoms with Crippen molar-refractivity contribution in [3.63, 3.8) is 0 Å². The summed E-state index contributed by atoms with van der Waals surface area (Å²) in [6.07, 6.45) is 1.18. The van der Waals surface area contributed by atoms with Crippen LogP contribution in [0.1, 0.15) is 29.8 Å². The van der Waals surface area contributed by atoms with Crippen molar-refractivity contribution in [1.29, 1.82) is 0 Å². The van der Waals surface area contributed by atoms with Crippen molar-refractivity contribution in [1.82, 2.24) is 10.2 Å². The standard InChI is InChI=1S/C17H21ClN2S/c1-13-9-10-19-16(14-5-3-2-4-6-14)12-20(13)11-15-7-8-17(18)21-15/h2-8,13,16,19H,9-12H2,1H3. The van der Waals surface area contributed by atoms with Gasteiger partial charge in [0.05, 0.1) is 4.34 Å². The van der Waals surface area contributed by atoms with Crippen molar-refractivity contribution >= 4 is 22.9 Å². The summed E-state index contributed by atoms with van der Waals surface area (Å²) in [7, 11) is 0. The van der Waals surface area contributed by atoms with Gasteiger partial charge in [0.25, 0.3) is 0 Å². The van der Waals surface area contributed by atoms with Crippen molar-refractivity contribution in [2.75, 3.05) is 13.1 Å². The summed E-state index contributed by atoms with van der Waals surface area (Å²) < 4.78 is 0.880. The van der Waals surface area contributed by atoms with Gasteiger partial charge in [-0.05, 0) is 37.6 Å². The Hall–Kier alpha value is -0.870. The Morgan fingerprint density at radius 3 is 2.76 bits per heavy atom. The molecule has 3 rings (SSSR count). The Labute approximate surface area is 135 Å². The van der Waals surface area contributed by atoms with Crippen molar-refractivity contribution in [2.45, 2.75) is 32.0 Å². The normalized spacial score (nSPS) is 23.9. The van der Waals surface area contributed by atoms with Crippen LogP contribution in [-0.4, -0.2) is 24.0 Å². The second-order valence-corrected chi connectivity index (χ2v) is 7.49. The quantitative estimate of drug-likeness (QED) is 0.905. The van der Waals surface area contributed by atoms with Gasteiger partial charge in [-0.1, -0.05) is 41.9 Å². The minimum absolute atomic E-state index is 0.409. The summed E-state index contributed by atoms with van der Waals surface area (Å²) >= 11 is 7.75. The summed E-state index contributed by atoms with van der Waals surface area (Å²) in [4.78, 5) is 3.92. The maximum Gasteiger partial charge on any atom is 0.0931 e. The summed E-state index contributed by atoms with van der Waals surface area (Å²) in [6.45, 7) is 5.43. The van der Waals surface area contributed by atoms with Gasteiger partial charge in [0.2, 0.25) is 0 Å². The number of benzene rings is 1. The third-order valence-electron chi connectivity index (χ3n) is 4.18. The molecule has 0 saturated carbocycles. The Morgan fingerprint density at radius 2 is 2.05 bits per heavy atom. The molecule has 1 fully saturated rings. The highest BCUT2D eigenvalue weighted by atomic mass is 35.5. The fraction of sp³-hybridized carbons (Fsp3) is 0.412. The fourth-order valence-electron chi connectivity index (χ4n) is 2.89. The van der Waals surface area contributed by atoms with Gasteiger partial charge in [-0.3, -0.25) is 4.90 Å². The molecule has 1 aromatic heterocycles. The minimum Gasteiger partial charge on any atom is -0.309 e. The molecule has 2 aromatic rings. The van der Waals surface area contributed by atoms with Crippen molar-refractivity contribution in [3.8, 4) is 0 Å². The monoisotopic (exact) mass is 320 g/mol. The molecule has 0 radical (unpaired) electrons. The molecule has 0 amide bonds. The summed E-state index contributed by atoms with van der Waals surface area (Å²) in [5.74, 6) is 0. The van der Waals surface area contributed by atoms with E-state index in [1.807, 2.05) is 6.07 Å². The molecule has 4 heteroatoms. The average Bonchev–Trinajstić information content (AvgIpc) is 2.81. The van der Waals surface area contributed by atoms with Gasteiger partial charge in [0, 0.05) is 30.1 Å². The van der Waals surface area contributed by atoms with E-state index < -0.39 is 0 Å². The fourth-order valence-corrected chi connectivity index (χ4v) is 4.01. The summed E-state index contributed by atoms with van der Waals surface area (Å²) in [5.41, 5.74) is 1.38. The van der Waals surface area contributed by atoms with Gasteiger partial charge in [-0.2, -0.15) is 0 Å². The van der Waals surface area contributed by atoms with Crippen LogP contribution in [0.3, 0.4) is 0 Å². The van der Waals surface area contributed by atoms with Crippen LogP contribution in [0.15, 0.2) is 42.5 Å². The first-order valence-corrected chi connectivity index (χ1v) is 8.68. The van der Waals surface area contributed by atoms with Crippen LogP contribution < -0.4 is 5.32 Å². The van der Waals surface area contributed by atoms with E-state index in [0.717, 1.165) is 24.0 Å². The van der Waals surface area contributed by atoms with Crippen LogP contribution in [-0.2, 0) is 6.54 Å². The maximum absolute atomic E-state index is 6.06. The van der Waals surface area contributed by atoms with Crippen LogP contribution in [0, 0.1) is 0 Å². The largest absolute Gasteiger partial charge is 0.309 e. The van der Waals surface area contributed by atoms with E-state index in [4.69, 9.17) is 11.6 Å². The lowest BCUT2D eigenvalue weighted by Crippen LogP contribution is -2.35. The molecule has 1 aliphatic heterocycles. The number of nitrogens with one attached hydrogen (secondary N) is 1. The second-order valence-electron chi connectivity index (χ2n) is 5.69. The van der Waals surface area contributed by atoms with E-state index in [2.05, 4.69) is 53.5 Å². The van der Waals surface area contributed by atoms with Gasteiger partial charge in [-0.15, -0.1) is 11.3 Å². The Morgan fingerprint density at radius 1 is 1.24 bits per heavy atom. The molecule has 21 heavy (non-hydrogen) atoms. The predicted octanol–water partition coefficient (Wildman–Crippen LogP) is 4.33. The van der Waals surface area contributed by atoms with E-state index in [0.29, 0.717) is 12.1 Å². The Balaban J connectivity index is 1.74. The van der Waals surface area contributed by atoms with Crippen LogP contribution in [0.4, 0.5) is 0 Å². The summed E-state index contributed by atoms with van der Waals surface area (Å²) in [5, 5.41) is 3.68. The minimum atomic E-state index is 0.409. The van der Waals surface area contributed by atoms with Crippen molar-refractivity contribution < 1.29 is 0 Å². The number of rotatable bonds is 3. The number of hydrogen-bond donors (Lipinski definition) is 1. The smallest absolute Gasteiger partial charge is 0.0931 e. The Bertz CT molecular complexity index is 569. The highest BCUT2D eigenvalue weighted by Crippen LogP contribution is 2.26. The van der Waals surface area contributed by atoms with E-state index in [-0.39, 0.29) is 0 Å². The molecular formula is C17H21ClN2S. The second kappa shape index (κ2) is 6.93. The van der Waals surface area contributed by atoms with Crippen molar-refractivity contribution in [2.24, 2.45) is 0 Å². The van der Waals surface area contributed by atoms with E-state index in [9.17, 15) is 0 Å².